The number of hydrogen-bond acceptors (Lipinski definition) is 4. The maximum atomic E-state index is 5.30. The second kappa shape index (κ2) is 8.33. The highest BCUT2D eigenvalue weighted by Gasteiger charge is 2.11. The average molecular weight is 352 g/mol. The second-order valence-electron chi connectivity index (χ2n) is 6.00. The quantitative estimate of drug-likeness (QED) is 0.468. The Hall–Kier alpha value is -3.09. The molecule has 0 aliphatic carbocycles. The fourth-order valence-corrected chi connectivity index (χ4v) is 2.71. The van der Waals surface area contributed by atoms with Crippen molar-refractivity contribution in [2.24, 2.45) is 4.99 Å². The van der Waals surface area contributed by atoms with Crippen LogP contribution in [-0.2, 0) is 6.54 Å². The molecule has 3 N–H and O–H groups in total. The Labute approximate surface area is 153 Å². The van der Waals surface area contributed by atoms with Gasteiger partial charge in [0.05, 0.1) is 12.3 Å². The lowest BCUT2D eigenvalue weighted by Crippen LogP contribution is -2.38. The van der Waals surface area contributed by atoms with Crippen LogP contribution in [0.25, 0.3) is 11.6 Å². The van der Waals surface area contributed by atoms with Gasteiger partial charge in [0.25, 0.3) is 0 Å². The molecule has 0 aliphatic rings. The van der Waals surface area contributed by atoms with Gasteiger partial charge in [0, 0.05) is 6.54 Å². The molecule has 0 fully saturated rings. The highest BCUT2D eigenvalue weighted by Crippen LogP contribution is 2.17. The van der Waals surface area contributed by atoms with Gasteiger partial charge < -0.3 is 15.1 Å². The van der Waals surface area contributed by atoms with Crippen molar-refractivity contribution in [3.05, 3.63) is 59.6 Å². The van der Waals surface area contributed by atoms with Crippen LogP contribution in [-0.4, -0.2) is 27.7 Å². The number of guanidine groups is 1. The van der Waals surface area contributed by atoms with Crippen molar-refractivity contribution < 1.29 is 4.42 Å². The van der Waals surface area contributed by atoms with E-state index in [0.717, 1.165) is 12.5 Å². The van der Waals surface area contributed by atoms with E-state index in [4.69, 9.17) is 4.42 Å². The Bertz CT molecular complexity index is 853. The molecule has 2 aromatic heterocycles. The summed E-state index contributed by atoms with van der Waals surface area (Å²) in [6.07, 6.45) is 1.60. The Morgan fingerprint density at radius 3 is 2.85 bits per heavy atom. The van der Waals surface area contributed by atoms with Crippen LogP contribution in [0.1, 0.15) is 36.8 Å². The predicted octanol–water partition coefficient (Wildman–Crippen LogP) is 3.19. The average Bonchev–Trinajstić information content (AvgIpc) is 3.31. The summed E-state index contributed by atoms with van der Waals surface area (Å²) < 4.78 is 5.30. The number of aliphatic imine (C=N–C) groups is 1. The van der Waals surface area contributed by atoms with Crippen LogP contribution in [0.4, 0.5) is 0 Å². The lowest BCUT2D eigenvalue weighted by atomic mass is 10.0. The zero-order valence-electron chi connectivity index (χ0n) is 15.3. The van der Waals surface area contributed by atoms with Gasteiger partial charge in [-0.05, 0) is 44.0 Å². The molecule has 2 heterocycles. The summed E-state index contributed by atoms with van der Waals surface area (Å²) in [6, 6.07) is 12.1. The number of furan rings is 1. The summed E-state index contributed by atoms with van der Waals surface area (Å²) in [6.45, 7) is 7.45. The van der Waals surface area contributed by atoms with Crippen molar-refractivity contribution in [3.63, 3.8) is 0 Å². The third-order valence-electron chi connectivity index (χ3n) is 4.01. The zero-order chi connectivity index (χ0) is 18.4. The molecule has 7 heteroatoms. The first-order chi connectivity index (χ1) is 12.7. The molecule has 0 spiro atoms. The van der Waals surface area contributed by atoms with Crippen LogP contribution in [0.3, 0.4) is 0 Å². The van der Waals surface area contributed by atoms with Crippen molar-refractivity contribution in [2.45, 2.75) is 33.4 Å². The van der Waals surface area contributed by atoms with Gasteiger partial charge in [-0.2, -0.15) is 0 Å². The smallest absolute Gasteiger partial charge is 0.216 e. The number of H-pyrrole nitrogens is 1. The van der Waals surface area contributed by atoms with E-state index in [9.17, 15) is 0 Å². The minimum absolute atomic E-state index is 0.141. The molecule has 0 aliphatic heterocycles. The van der Waals surface area contributed by atoms with E-state index in [1.165, 1.54) is 11.1 Å². The first-order valence-electron chi connectivity index (χ1n) is 8.73. The van der Waals surface area contributed by atoms with Gasteiger partial charge in [-0.3, -0.25) is 5.10 Å². The van der Waals surface area contributed by atoms with Crippen molar-refractivity contribution in [1.82, 2.24) is 25.8 Å². The number of rotatable bonds is 6. The van der Waals surface area contributed by atoms with Crippen LogP contribution in [0.5, 0.6) is 0 Å². The van der Waals surface area contributed by atoms with Gasteiger partial charge in [0.2, 0.25) is 5.82 Å². The number of nitrogens with zero attached hydrogens (tertiary/aromatic N) is 3. The van der Waals surface area contributed by atoms with E-state index >= 15 is 0 Å². The number of aryl methyl sites for hydroxylation is 1. The summed E-state index contributed by atoms with van der Waals surface area (Å²) in [5.74, 6) is 2.58. The molecule has 0 saturated carbocycles. The molecule has 26 heavy (non-hydrogen) atoms. The van der Waals surface area contributed by atoms with Crippen molar-refractivity contribution in [1.29, 1.82) is 0 Å². The third kappa shape index (κ3) is 4.30. The van der Waals surface area contributed by atoms with Crippen molar-refractivity contribution in [3.8, 4) is 11.6 Å². The lowest BCUT2D eigenvalue weighted by Gasteiger charge is -2.19. The van der Waals surface area contributed by atoms with Crippen LogP contribution in [0, 0.1) is 6.92 Å². The molecule has 1 atom stereocenters. The number of benzene rings is 1. The minimum atomic E-state index is 0.141. The Kier molecular flexibility index (Phi) is 5.68. The Balaban J connectivity index is 1.68. The van der Waals surface area contributed by atoms with Crippen LogP contribution >= 0.6 is 0 Å². The molecule has 3 rings (SSSR count). The van der Waals surface area contributed by atoms with Gasteiger partial charge >= 0.3 is 0 Å². The molecule has 7 nitrogen and oxygen atoms in total. The minimum Gasteiger partial charge on any atom is -0.461 e. The number of aromatic nitrogens is 3. The van der Waals surface area contributed by atoms with E-state index in [0.29, 0.717) is 24.0 Å². The fraction of sp³-hybridized carbons (Fsp3) is 0.316. The molecule has 3 aromatic rings. The molecule has 0 radical (unpaired) electrons. The van der Waals surface area contributed by atoms with Gasteiger partial charge in [0.1, 0.15) is 12.4 Å². The molecule has 0 saturated heterocycles. The standard InChI is InChI=1S/C19H24N6O/c1-4-20-19(22-14(3)15-9-6-5-8-13(15)2)21-12-17-23-18(25-24-17)16-10-7-11-26-16/h5-11,14H,4,12H2,1-3H3,(H2,20,21,22)(H,23,24,25). The largest absolute Gasteiger partial charge is 0.461 e. The van der Waals surface area contributed by atoms with Gasteiger partial charge in [-0.1, -0.05) is 24.3 Å². The lowest BCUT2D eigenvalue weighted by molar-refractivity contribution is 0.577. The maximum Gasteiger partial charge on any atom is 0.216 e. The van der Waals surface area contributed by atoms with Crippen molar-refractivity contribution >= 4 is 5.96 Å². The first kappa shape index (κ1) is 17.7. The molecular weight excluding hydrogens is 328 g/mol. The number of hydrogen-bond donors (Lipinski definition) is 3. The van der Waals surface area contributed by atoms with Crippen LogP contribution in [0.15, 0.2) is 52.1 Å². The fourth-order valence-electron chi connectivity index (χ4n) is 2.71. The summed E-state index contributed by atoms with van der Waals surface area (Å²) in [4.78, 5) is 9.02. The van der Waals surface area contributed by atoms with E-state index in [2.05, 4.69) is 62.9 Å². The summed E-state index contributed by atoms with van der Waals surface area (Å²) in [5.41, 5.74) is 2.50. The molecule has 1 unspecified atom stereocenters. The SMILES string of the molecule is CCNC(=NCc1nc(-c2ccco2)n[nH]1)NC(C)c1ccccc1C. The summed E-state index contributed by atoms with van der Waals surface area (Å²) in [5, 5.41) is 13.8. The first-order valence-corrected chi connectivity index (χ1v) is 8.73. The van der Waals surface area contributed by atoms with E-state index in [1.807, 2.05) is 25.1 Å². The molecule has 1 aromatic carbocycles. The highest BCUT2D eigenvalue weighted by molar-refractivity contribution is 5.80. The molecule has 0 bridgehead atoms. The van der Waals surface area contributed by atoms with E-state index < -0.39 is 0 Å². The summed E-state index contributed by atoms with van der Waals surface area (Å²) >= 11 is 0. The normalized spacial score (nSPS) is 12.8. The second-order valence-corrected chi connectivity index (χ2v) is 6.00. The summed E-state index contributed by atoms with van der Waals surface area (Å²) in [7, 11) is 0. The van der Waals surface area contributed by atoms with Crippen LogP contribution in [0.2, 0.25) is 0 Å². The van der Waals surface area contributed by atoms with Crippen LogP contribution < -0.4 is 10.6 Å². The molecular formula is C19H24N6O. The van der Waals surface area contributed by atoms with E-state index in [-0.39, 0.29) is 6.04 Å². The molecule has 0 amide bonds. The van der Waals surface area contributed by atoms with Gasteiger partial charge in [-0.15, -0.1) is 5.10 Å². The zero-order valence-corrected chi connectivity index (χ0v) is 15.3. The number of aromatic amines is 1. The predicted molar refractivity (Wildman–Crippen MR) is 102 cm³/mol. The van der Waals surface area contributed by atoms with Gasteiger partial charge in [-0.25, -0.2) is 9.98 Å². The Morgan fingerprint density at radius 1 is 1.27 bits per heavy atom. The van der Waals surface area contributed by atoms with E-state index in [1.54, 1.807) is 6.26 Å². The topological polar surface area (TPSA) is 91.1 Å². The highest BCUT2D eigenvalue weighted by atomic mass is 16.3. The van der Waals surface area contributed by atoms with Crippen molar-refractivity contribution in [2.75, 3.05) is 6.54 Å². The maximum absolute atomic E-state index is 5.30. The molecule has 136 valence electrons. The monoisotopic (exact) mass is 352 g/mol. The number of nitrogens with one attached hydrogen (secondary N) is 3. The van der Waals surface area contributed by atoms with Gasteiger partial charge in [0.15, 0.2) is 11.7 Å². The third-order valence-corrected chi connectivity index (χ3v) is 4.01. The Morgan fingerprint density at radius 2 is 2.12 bits per heavy atom.